The van der Waals surface area contributed by atoms with Crippen LogP contribution in [0.3, 0.4) is 0 Å². The molecule has 0 aromatic heterocycles. The number of carbonyl (C=O) groups excluding carboxylic acids is 1. The van der Waals surface area contributed by atoms with Crippen molar-refractivity contribution in [1.29, 1.82) is 0 Å². The van der Waals surface area contributed by atoms with Gasteiger partial charge in [-0.05, 0) is 18.2 Å². The summed E-state index contributed by atoms with van der Waals surface area (Å²) in [7, 11) is 1.31. The highest BCUT2D eigenvalue weighted by molar-refractivity contribution is 9.10. The van der Waals surface area contributed by atoms with Crippen LogP contribution in [-0.4, -0.2) is 19.7 Å². The molecule has 3 nitrogen and oxygen atoms in total. The second-order valence-electron chi connectivity index (χ2n) is 2.62. The maximum absolute atomic E-state index is 11.3. The number of methoxy groups -OCH3 is 1. The molecule has 0 aliphatic carbocycles. The van der Waals surface area contributed by atoms with E-state index in [2.05, 4.69) is 26.6 Å². The van der Waals surface area contributed by atoms with Crippen LogP contribution in [-0.2, 0) is 4.74 Å². The molecule has 0 unspecified atom stereocenters. The first-order valence-electron chi connectivity index (χ1n) is 4.13. The summed E-state index contributed by atoms with van der Waals surface area (Å²) in [6, 6.07) is 5.01. The Morgan fingerprint density at radius 3 is 2.93 bits per heavy atom. The van der Waals surface area contributed by atoms with E-state index in [4.69, 9.17) is 11.2 Å². The quantitative estimate of drug-likeness (QED) is 0.623. The number of rotatable bonds is 3. The third kappa shape index (κ3) is 3.00. The van der Waals surface area contributed by atoms with Gasteiger partial charge in [0.05, 0.1) is 7.11 Å². The Morgan fingerprint density at radius 1 is 1.60 bits per heavy atom. The van der Waals surface area contributed by atoms with Crippen LogP contribution < -0.4 is 4.74 Å². The highest BCUT2D eigenvalue weighted by Gasteiger charge is 2.12. The zero-order chi connectivity index (χ0) is 11.3. The fraction of sp³-hybridized carbons (Fsp3) is 0.182. The van der Waals surface area contributed by atoms with Gasteiger partial charge in [-0.3, -0.25) is 0 Å². The van der Waals surface area contributed by atoms with E-state index in [0.717, 1.165) is 4.47 Å². The van der Waals surface area contributed by atoms with Crippen molar-refractivity contribution in [3.63, 3.8) is 0 Å². The minimum absolute atomic E-state index is 0.112. The summed E-state index contributed by atoms with van der Waals surface area (Å²) >= 11 is 3.28. The number of esters is 1. The van der Waals surface area contributed by atoms with Gasteiger partial charge in [0.1, 0.15) is 17.9 Å². The van der Waals surface area contributed by atoms with Gasteiger partial charge in [0.25, 0.3) is 0 Å². The average molecular weight is 269 g/mol. The normalized spacial score (nSPS) is 9.13. The van der Waals surface area contributed by atoms with Gasteiger partial charge in [-0.15, -0.1) is 6.42 Å². The Kier molecular flexibility index (Phi) is 4.19. The lowest BCUT2D eigenvalue weighted by Gasteiger charge is -2.08. The smallest absolute Gasteiger partial charge is 0.341 e. The SMILES string of the molecule is C#CCOc1cc(Br)ccc1C(=O)OC. The predicted octanol–water partition coefficient (Wildman–Crippen LogP) is 2.25. The van der Waals surface area contributed by atoms with E-state index in [1.54, 1.807) is 18.2 Å². The van der Waals surface area contributed by atoms with E-state index in [1.807, 2.05) is 0 Å². The number of halogens is 1. The van der Waals surface area contributed by atoms with E-state index >= 15 is 0 Å². The van der Waals surface area contributed by atoms with Crippen LogP contribution in [0.2, 0.25) is 0 Å². The number of terminal acetylenes is 1. The topological polar surface area (TPSA) is 35.5 Å². The van der Waals surface area contributed by atoms with Crippen molar-refractivity contribution in [3.8, 4) is 18.1 Å². The van der Waals surface area contributed by atoms with Crippen molar-refractivity contribution in [3.05, 3.63) is 28.2 Å². The summed E-state index contributed by atoms with van der Waals surface area (Å²) in [5, 5.41) is 0. The molecule has 0 aliphatic heterocycles. The largest absolute Gasteiger partial charge is 0.480 e. The van der Waals surface area contributed by atoms with Crippen LogP contribution in [0.4, 0.5) is 0 Å². The first kappa shape index (κ1) is 11.6. The lowest BCUT2D eigenvalue weighted by molar-refractivity contribution is 0.0596. The maximum atomic E-state index is 11.3. The number of hydrogen-bond acceptors (Lipinski definition) is 3. The number of hydrogen-bond donors (Lipinski definition) is 0. The maximum Gasteiger partial charge on any atom is 0.341 e. The van der Waals surface area contributed by atoms with Crippen molar-refractivity contribution in [1.82, 2.24) is 0 Å². The van der Waals surface area contributed by atoms with Gasteiger partial charge in [0.2, 0.25) is 0 Å². The van der Waals surface area contributed by atoms with Gasteiger partial charge in [0.15, 0.2) is 0 Å². The predicted molar refractivity (Wildman–Crippen MR) is 59.8 cm³/mol. The van der Waals surface area contributed by atoms with Crippen molar-refractivity contribution in [2.45, 2.75) is 0 Å². The van der Waals surface area contributed by atoms with Gasteiger partial charge >= 0.3 is 5.97 Å². The van der Waals surface area contributed by atoms with E-state index in [1.165, 1.54) is 7.11 Å². The van der Waals surface area contributed by atoms with Crippen LogP contribution in [0.5, 0.6) is 5.75 Å². The molecule has 1 aromatic carbocycles. The van der Waals surface area contributed by atoms with Crippen LogP contribution in [0, 0.1) is 12.3 Å². The van der Waals surface area contributed by atoms with Crippen molar-refractivity contribution >= 4 is 21.9 Å². The fourth-order valence-electron chi connectivity index (χ4n) is 1.01. The van der Waals surface area contributed by atoms with E-state index in [9.17, 15) is 4.79 Å². The first-order chi connectivity index (χ1) is 7.19. The van der Waals surface area contributed by atoms with Gasteiger partial charge in [-0.2, -0.15) is 0 Å². The van der Waals surface area contributed by atoms with E-state index < -0.39 is 5.97 Å². The lowest BCUT2D eigenvalue weighted by Crippen LogP contribution is -2.05. The summed E-state index contributed by atoms with van der Waals surface area (Å²) < 4.78 is 10.6. The van der Waals surface area contributed by atoms with Gasteiger partial charge in [-0.1, -0.05) is 21.9 Å². The molecule has 0 amide bonds. The Balaban J connectivity index is 3.04. The zero-order valence-electron chi connectivity index (χ0n) is 8.12. The molecule has 0 bridgehead atoms. The Hall–Kier alpha value is -1.47. The molecule has 0 N–H and O–H groups in total. The summed E-state index contributed by atoms with van der Waals surface area (Å²) in [5.74, 6) is 2.29. The summed E-state index contributed by atoms with van der Waals surface area (Å²) in [6.45, 7) is 0.112. The van der Waals surface area contributed by atoms with E-state index in [-0.39, 0.29) is 6.61 Å². The first-order valence-corrected chi connectivity index (χ1v) is 4.92. The molecule has 0 radical (unpaired) electrons. The standard InChI is InChI=1S/C11H9BrO3/c1-3-6-15-10-7-8(12)4-5-9(10)11(13)14-2/h1,4-5,7H,6H2,2H3. The molecule has 0 heterocycles. The molecule has 0 saturated heterocycles. The molecule has 15 heavy (non-hydrogen) atoms. The average Bonchev–Trinajstić information content (AvgIpc) is 2.25. The second kappa shape index (κ2) is 5.42. The van der Waals surface area contributed by atoms with Crippen molar-refractivity contribution < 1.29 is 14.3 Å². The van der Waals surface area contributed by atoms with Gasteiger partial charge < -0.3 is 9.47 Å². The molecular weight excluding hydrogens is 260 g/mol. The monoisotopic (exact) mass is 268 g/mol. The molecule has 0 spiro atoms. The van der Waals surface area contributed by atoms with Gasteiger partial charge in [-0.25, -0.2) is 4.79 Å². The van der Waals surface area contributed by atoms with Crippen LogP contribution in [0.1, 0.15) is 10.4 Å². The van der Waals surface area contributed by atoms with Crippen LogP contribution in [0.25, 0.3) is 0 Å². The zero-order valence-corrected chi connectivity index (χ0v) is 9.71. The molecule has 0 fully saturated rings. The summed E-state index contributed by atoms with van der Waals surface area (Å²) in [4.78, 5) is 11.3. The van der Waals surface area contributed by atoms with Crippen LogP contribution in [0.15, 0.2) is 22.7 Å². The van der Waals surface area contributed by atoms with Crippen LogP contribution >= 0.6 is 15.9 Å². The number of ether oxygens (including phenoxy) is 2. The van der Waals surface area contributed by atoms with Crippen molar-refractivity contribution in [2.24, 2.45) is 0 Å². The third-order valence-electron chi connectivity index (χ3n) is 1.66. The summed E-state index contributed by atoms with van der Waals surface area (Å²) in [6.07, 6.45) is 5.07. The number of carbonyl (C=O) groups is 1. The van der Waals surface area contributed by atoms with E-state index in [0.29, 0.717) is 11.3 Å². The molecular formula is C11H9BrO3. The molecule has 1 aromatic rings. The Bertz CT molecular complexity index is 407. The Labute approximate surface area is 96.5 Å². The lowest BCUT2D eigenvalue weighted by atomic mass is 10.2. The minimum Gasteiger partial charge on any atom is -0.480 e. The van der Waals surface area contributed by atoms with Crippen molar-refractivity contribution in [2.75, 3.05) is 13.7 Å². The minimum atomic E-state index is -0.450. The fourth-order valence-corrected chi connectivity index (χ4v) is 1.35. The molecule has 78 valence electrons. The molecule has 4 heteroatoms. The summed E-state index contributed by atoms with van der Waals surface area (Å²) in [5.41, 5.74) is 0.357. The molecule has 0 aliphatic rings. The molecule has 0 atom stereocenters. The Morgan fingerprint density at radius 2 is 2.33 bits per heavy atom. The number of benzene rings is 1. The van der Waals surface area contributed by atoms with Gasteiger partial charge in [0, 0.05) is 4.47 Å². The third-order valence-corrected chi connectivity index (χ3v) is 2.15. The highest BCUT2D eigenvalue weighted by atomic mass is 79.9. The second-order valence-corrected chi connectivity index (χ2v) is 3.54. The molecule has 1 rings (SSSR count). The molecule has 0 saturated carbocycles. The highest BCUT2D eigenvalue weighted by Crippen LogP contribution is 2.24.